The molecule has 0 atom stereocenters. The number of ether oxygens (including phenoxy) is 2. The van der Waals surface area contributed by atoms with E-state index in [0.717, 1.165) is 31.4 Å². The van der Waals surface area contributed by atoms with Crippen LogP contribution in [0.3, 0.4) is 0 Å². The lowest BCUT2D eigenvalue weighted by molar-refractivity contribution is -0.274. The molecule has 1 aromatic carbocycles. The Bertz CT molecular complexity index is 838. The Hall–Kier alpha value is -2.99. The molecule has 0 aliphatic carbocycles. The van der Waals surface area contributed by atoms with E-state index in [1.165, 1.54) is 12.1 Å². The summed E-state index contributed by atoms with van der Waals surface area (Å²) in [5, 5.41) is 2.72. The van der Waals surface area contributed by atoms with Gasteiger partial charge in [-0.2, -0.15) is 28.1 Å². The van der Waals surface area contributed by atoms with Crippen molar-refractivity contribution in [3.8, 4) is 11.8 Å². The van der Waals surface area contributed by atoms with Crippen LogP contribution in [0.4, 0.5) is 43.9 Å². The van der Waals surface area contributed by atoms with Crippen LogP contribution in [0.1, 0.15) is 19.3 Å². The van der Waals surface area contributed by atoms with Crippen LogP contribution in [0.25, 0.3) is 0 Å². The molecule has 0 saturated carbocycles. The summed E-state index contributed by atoms with van der Waals surface area (Å²) in [7, 11) is 0. The number of piperidine rings is 1. The number of nitrogens with one attached hydrogen (secondary N) is 1. The molecule has 0 bridgehead atoms. The van der Waals surface area contributed by atoms with Crippen molar-refractivity contribution < 1.29 is 35.8 Å². The second kappa shape index (κ2) is 8.79. The standard InChI is InChI=1S/C17H17F6N5O2/c18-16(19,20)10-29-15-26-13(25-14(27-15)28-8-2-1-3-9-28)24-11-4-6-12(7-5-11)30-17(21,22)23/h4-7H,1-3,8-10H2,(H,24,25,26,27). The lowest BCUT2D eigenvalue weighted by Gasteiger charge is -2.26. The highest BCUT2D eigenvalue weighted by molar-refractivity contribution is 5.55. The molecular formula is C17H17F6N5O2. The minimum Gasteiger partial charge on any atom is -0.454 e. The Labute approximate surface area is 167 Å². The summed E-state index contributed by atoms with van der Waals surface area (Å²) >= 11 is 0. The summed E-state index contributed by atoms with van der Waals surface area (Å²) in [6.45, 7) is -0.309. The third-order valence-electron chi connectivity index (χ3n) is 3.95. The highest BCUT2D eigenvalue weighted by Crippen LogP contribution is 2.26. The Balaban J connectivity index is 1.79. The first-order valence-electron chi connectivity index (χ1n) is 8.91. The first-order valence-corrected chi connectivity index (χ1v) is 8.91. The van der Waals surface area contributed by atoms with Gasteiger partial charge in [0.15, 0.2) is 6.61 Å². The normalized spacial score (nSPS) is 15.1. The van der Waals surface area contributed by atoms with Gasteiger partial charge in [-0.05, 0) is 43.5 Å². The quantitative estimate of drug-likeness (QED) is 0.670. The topological polar surface area (TPSA) is 72.4 Å². The Morgan fingerprint density at radius 1 is 0.900 bits per heavy atom. The van der Waals surface area contributed by atoms with Gasteiger partial charge in [-0.25, -0.2) is 0 Å². The molecule has 3 rings (SSSR count). The van der Waals surface area contributed by atoms with E-state index in [-0.39, 0.29) is 11.9 Å². The molecule has 1 aliphatic heterocycles. The Morgan fingerprint density at radius 2 is 1.57 bits per heavy atom. The average Bonchev–Trinajstić information content (AvgIpc) is 2.67. The summed E-state index contributed by atoms with van der Waals surface area (Å²) in [4.78, 5) is 13.8. The van der Waals surface area contributed by atoms with Crippen LogP contribution in [0.5, 0.6) is 11.8 Å². The lowest BCUT2D eigenvalue weighted by Crippen LogP contribution is -2.31. The number of benzene rings is 1. The summed E-state index contributed by atoms with van der Waals surface area (Å²) in [5.74, 6) is -0.375. The zero-order chi connectivity index (χ0) is 21.8. The van der Waals surface area contributed by atoms with Gasteiger partial charge in [-0.15, -0.1) is 13.2 Å². The van der Waals surface area contributed by atoms with E-state index in [1.54, 1.807) is 4.90 Å². The number of hydrogen-bond donors (Lipinski definition) is 1. The lowest BCUT2D eigenvalue weighted by atomic mass is 10.1. The van der Waals surface area contributed by atoms with Crippen molar-refractivity contribution in [3.05, 3.63) is 24.3 Å². The summed E-state index contributed by atoms with van der Waals surface area (Å²) in [5.41, 5.74) is 0.294. The fourth-order valence-electron chi connectivity index (χ4n) is 2.72. The largest absolute Gasteiger partial charge is 0.573 e. The molecule has 0 spiro atoms. The van der Waals surface area contributed by atoms with E-state index in [4.69, 9.17) is 0 Å². The van der Waals surface area contributed by atoms with Crippen molar-refractivity contribution >= 4 is 17.6 Å². The molecule has 0 amide bonds. The van der Waals surface area contributed by atoms with Gasteiger partial charge in [0.25, 0.3) is 0 Å². The molecule has 30 heavy (non-hydrogen) atoms. The molecule has 0 radical (unpaired) electrons. The van der Waals surface area contributed by atoms with Crippen LogP contribution in [-0.2, 0) is 0 Å². The van der Waals surface area contributed by atoms with Crippen LogP contribution in [0, 0.1) is 0 Å². The van der Waals surface area contributed by atoms with Crippen molar-refractivity contribution in [3.63, 3.8) is 0 Å². The van der Waals surface area contributed by atoms with Crippen molar-refractivity contribution in [2.45, 2.75) is 31.8 Å². The van der Waals surface area contributed by atoms with Gasteiger partial charge in [0.2, 0.25) is 11.9 Å². The molecule has 1 aliphatic rings. The maximum atomic E-state index is 12.5. The molecule has 1 aromatic heterocycles. The van der Waals surface area contributed by atoms with Crippen molar-refractivity contribution in [1.29, 1.82) is 0 Å². The maximum Gasteiger partial charge on any atom is 0.573 e. The Morgan fingerprint density at radius 3 is 2.17 bits per heavy atom. The van der Waals surface area contributed by atoms with E-state index in [1.807, 2.05) is 0 Å². The molecule has 164 valence electrons. The third-order valence-corrected chi connectivity index (χ3v) is 3.95. The number of anilines is 3. The van der Waals surface area contributed by atoms with E-state index in [9.17, 15) is 26.3 Å². The molecule has 1 saturated heterocycles. The second-order valence-electron chi connectivity index (χ2n) is 6.39. The molecular weight excluding hydrogens is 420 g/mol. The van der Waals surface area contributed by atoms with Gasteiger partial charge in [-0.3, -0.25) is 0 Å². The maximum absolute atomic E-state index is 12.5. The summed E-state index contributed by atoms with van der Waals surface area (Å²) in [6, 6.07) is 4.19. The first kappa shape index (κ1) is 21.7. The fourth-order valence-corrected chi connectivity index (χ4v) is 2.72. The zero-order valence-corrected chi connectivity index (χ0v) is 15.4. The average molecular weight is 437 g/mol. The van der Waals surface area contributed by atoms with Crippen LogP contribution in [0.2, 0.25) is 0 Å². The number of aromatic nitrogens is 3. The minimum atomic E-state index is -4.82. The van der Waals surface area contributed by atoms with E-state index in [0.29, 0.717) is 18.8 Å². The van der Waals surface area contributed by atoms with Gasteiger partial charge >= 0.3 is 18.5 Å². The van der Waals surface area contributed by atoms with Gasteiger partial charge in [0, 0.05) is 18.8 Å². The van der Waals surface area contributed by atoms with Crippen molar-refractivity contribution in [2.24, 2.45) is 0 Å². The fraction of sp³-hybridized carbons (Fsp3) is 0.471. The van der Waals surface area contributed by atoms with Crippen LogP contribution in [-0.4, -0.2) is 47.2 Å². The molecule has 0 unspecified atom stereocenters. The SMILES string of the molecule is FC(F)(F)COc1nc(Nc2ccc(OC(F)(F)F)cc2)nc(N2CCCCC2)n1. The van der Waals surface area contributed by atoms with Crippen LogP contribution >= 0.6 is 0 Å². The van der Waals surface area contributed by atoms with E-state index >= 15 is 0 Å². The monoisotopic (exact) mass is 437 g/mol. The number of nitrogens with zero attached hydrogens (tertiary/aromatic N) is 4. The molecule has 2 aromatic rings. The smallest absolute Gasteiger partial charge is 0.454 e. The third kappa shape index (κ3) is 6.81. The van der Waals surface area contributed by atoms with Gasteiger partial charge in [0.1, 0.15) is 5.75 Å². The molecule has 1 fully saturated rings. The number of halogens is 6. The summed E-state index contributed by atoms with van der Waals surface area (Å²) < 4.78 is 82.6. The first-order chi connectivity index (χ1) is 14.1. The number of hydrogen-bond acceptors (Lipinski definition) is 7. The highest BCUT2D eigenvalue weighted by atomic mass is 19.4. The predicted octanol–water partition coefficient (Wildman–Crippen LogP) is 4.45. The van der Waals surface area contributed by atoms with E-state index in [2.05, 4.69) is 29.7 Å². The van der Waals surface area contributed by atoms with Gasteiger partial charge < -0.3 is 19.7 Å². The van der Waals surface area contributed by atoms with Gasteiger partial charge in [0.05, 0.1) is 0 Å². The van der Waals surface area contributed by atoms with E-state index < -0.39 is 30.9 Å². The molecule has 13 heteroatoms. The number of rotatable bonds is 6. The van der Waals surface area contributed by atoms with Crippen molar-refractivity contribution in [1.82, 2.24) is 15.0 Å². The van der Waals surface area contributed by atoms with Crippen LogP contribution < -0.4 is 19.7 Å². The molecule has 2 heterocycles. The van der Waals surface area contributed by atoms with Gasteiger partial charge in [-0.1, -0.05) is 0 Å². The molecule has 1 N–H and O–H groups in total. The number of alkyl halides is 6. The predicted molar refractivity (Wildman–Crippen MR) is 93.8 cm³/mol. The highest BCUT2D eigenvalue weighted by Gasteiger charge is 2.31. The zero-order valence-electron chi connectivity index (χ0n) is 15.4. The second-order valence-corrected chi connectivity index (χ2v) is 6.39. The Kier molecular flexibility index (Phi) is 6.37. The minimum absolute atomic E-state index is 0.104. The van der Waals surface area contributed by atoms with Crippen molar-refractivity contribution in [2.75, 3.05) is 29.9 Å². The van der Waals surface area contributed by atoms with Crippen LogP contribution in [0.15, 0.2) is 24.3 Å². The molecule has 7 nitrogen and oxygen atoms in total. The summed E-state index contributed by atoms with van der Waals surface area (Å²) in [6.07, 6.45) is -6.60.